The first-order valence-corrected chi connectivity index (χ1v) is 1.49. The number of ether oxygens (including phenoxy) is 1. The quantitative estimate of drug-likeness (QED) is 0.488. The van der Waals surface area contributed by atoms with E-state index >= 15 is 0 Å². The molecule has 0 aliphatic rings. The molecule has 0 saturated heterocycles. The third-order valence-corrected chi connectivity index (χ3v) is 0.221. The van der Waals surface area contributed by atoms with Crippen molar-refractivity contribution in [1.29, 1.82) is 0 Å². The number of rotatable bonds is 2. The minimum absolute atomic E-state index is 1.19. The van der Waals surface area contributed by atoms with Gasteiger partial charge in [0.25, 0.3) is 12.0 Å². The molecule has 0 heterocycles. The second kappa shape index (κ2) is 2.34. The summed E-state index contributed by atoms with van der Waals surface area (Å²) in [6, 6.07) is -2.38. The van der Waals surface area contributed by atoms with Crippen LogP contribution in [0.15, 0.2) is 25.2 Å². The standard InChI is InChI=1S/C4H4F2O/c1-3(5)7-4(2)6/h1-2H2. The van der Waals surface area contributed by atoms with E-state index in [1.807, 2.05) is 0 Å². The van der Waals surface area contributed by atoms with Gasteiger partial charge in [0, 0.05) is 0 Å². The van der Waals surface area contributed by atoms with Gasteiger partial charge in [-0.1, -0.05) is 0 Å². The summed E-state index contributed by atoms with van der Waals surface area (Å²) < 4.78 is 26.0. The predicted molar refractivity (Wildman–Crippen MR) is 21.6 cm³/mol. The van der Waals surface area contributed by atoms with E-state index in [2.05, 4.69) is 17.9 Å². The molecule has 0 bridgehead atoms. The lowest BCUT2D eigenvalue weighted by atomic mass is 11.0. The van der Waals surface area contributed by atoms with Crippen LogP contribution in [-0.2, 0) is 4.74 Å². The van der Waals surface area contributed by atoms with E-state index < -0.39 is 12.0 Å². The second-order valence-corrected chi connectivity index (χ2v) is 0.812. The van der Waals surface area contributed by atoms with E-state index in [0.717, 1.165) is 0 Å². The minimum Gasteiger partial charge on any atom is -0.405 e. The van der Waals surface area contributed by atoms with Gasteiger partial charge in [-0.2, -0.15) is 8.78 Å². The van der Waals surface area contributed by atoms with E-state index in [1.54, 1.807) is 0 Å². The zero-order valence-electron chi connectivity index (χ0n) is 3.58. The molecule has 0 rings (SSSR count). The molecule has 0 aromatic carbocycles. The van der Waals surface area contributed by atoms with Gasteiger partial charge in [-0.05, 0) is 13.2 Å². The Bertz CT molecular complexity index is 85.9. The molecule has 0 spiro atoms. The fourth-order valence-electron chi connectivity index (χ4n) is 0.120. The monoisotopic (exact) mass is 106 g/mol. The maximum atomic E-state index is 11.2. The van der Waals surface area contributed by atoms with Gasteiger partial charge in [-0.15, -0.1) is 0 Å². The van der Waals surface area contributed by atoms with Gasteiger partial charge in [0.1, 0.15) is 0 Å². The van der Waals surface area contributed by atoms with E-state index in [9.17, 15) is 8.78 Å². The smallest absolute Gasteiger partial charge is 0.272 e. The summed E-state index contributed by atoms with van der Waals surface area (Å²) in [6.45, 7) is 5.21. The minimum atomic E-state index is -1.19. The van der Waals surface area contributed by atoms with Gasteiger partial charge in [-0.25, -0.2) is 0 Å². The van der Waals surface area contributed by atoms with Crippen molar-refractivity contribution in [1.82, 2.24) is 0 Å². The Morgan fingerprint density at radius 3 is 1.43 bits per heavy atom. The highest BCUT2D eigenvalue weighted by Crippen LogP contribution is 2.02. The molecule has 7 heavy (non-hydrogen) atoms. The van der Waals surface area contributed by atoms with Crippen molar-refractivity contribution in [3.63, 3.8) is 0 Å². The highest BCUT2D eigenvalue weighted by atomic mass is 19.2. The molecule has 0 fully saturated rings. The van der Waals surface area contributed by atoms with Crippen molar-refractivity contribution in [2.45, 2.75) is 0 Å². The fraction of sp³-hybridized carbons (Fsp3) is 0. The first-order valence-electron chi connectivity index (χ1n) is 1.49. The Balaban J connectivity index is 3.32. The lowest BCUT2D eigenvalue weighted by molar-refractivity contribution is 0.158. The largest absolute Gasteiger partial charge is 0.405 e. The SMILES string of the molecule is C=C(F)OC(=C)F. The Hall–Kier alpha value is -0.860. The molecule has 0 aromatic rings. The summed E-state index contributed by atoms with van der Waals surface area (Å²) in [4.78, 5) is 0. The van der Waals surface area contributed by atoms with E-state index in [1.165, 1.54) is 0 Å². The highest BCUT2D eigenvalue weighted by Gasteiger charge is 1.89. The average Bonchev–Trinajstić information content (AvgIpc) is 1.27. The summed E-state index contributed by atoms with van der Waals surface area (Å²) in [5.41, 5.74) is 0. The van der Waals surface area contributed by atoms with Crippen molar-refractivity contribution >= 4 is 0 Å². The van der Waals surface area contributed by atoms with Gasteiger partial charge >= 0.3 is 0 Å². The van der Waals surface area contributed by atoms with Crippen LogP contribution in [0.2, 0.25) is 0 Å². The Kier molecular flexibility index (Phi) is 2.05. The van der Waals surface area contributed by atoms with E-state index in [4.69, 9.17) is 0 Å². The molecule has 0 radical (unpaired) electrons. The fourth-order valence-corrected chi connectivity index (χ4v) is 0.120. The summed E-state index contributed by atoms with van der Waals surface area (Å²) in [6.07, 6.45) is 0. The third kappa shape index (κ3) is 5.14. The van der Waals surface area contributed by atoms with Crippen LogP contribution in [-0.4, -0.2) is 0 Å². The number of hydrogen-bond acceptors (Lipinski definition) is 1. The van der Waals surface area contributed by atoms with Crippen LogP contribution in [0.5, 0.6) is 0 Å². The molecule has 0 saturated carbocycles. The normalized spacial score (nSPS) is 7.71. The molecule has 0 atom stereocenters. The summed E-state index contributed by atoms with van der Waals surface area (Å²) in [5.74, 6) is 0. The van der Waals surface area contributed by atoms with Crippen molar-refractivity contribution in [2.75, 3.05) is 0 Å². The predicted octanol–water partition coefficient (Wildman–Crippen LogP) is 1.88. The molecule has 0 amide bonds. The lowest BCUT2D eigenvalue weighted by Crippen LogP contribution is -1.75. The Morgan fingerprint density at radius 1 is 1.14 bits per heavy atom. The van der Waals surface area contributed by atoms with Gasteiger partial charge in [0.15, 0.2) is 0 Å². The zero-order valence-corrected chi connectivity index (χ0v) is 3.58. The van der Waals surface area contributed by atoms with Crippen molar-refractivity contribution in [2.24, 2.45) is 0 Å². The van der Waals surface area contributed by atoms with Crippen LogP contribution in [0.1, 0.15) is 0 Å². The van der Waals surface area contributed by atoms with Crippen LogP contribution >= 0.6 is 0 Å². The van der Waals surface area contributed by atoms with E-state index in [-0.39, 0.29) is 0 Å². The zero-order chi connectivity index (χ0) is 5.86. The van der Waals surface area contributed by atoms with Crippen molar-refractivity contribution in [3.8, 4) is 0 Å². The van der Waals surface area contributed by atoms with Crippen LogP contribution < -0.4 is 0 Å². The maximum Gasteiger partial charge on any atom is 0.272 e. The van der Waals surface area contributed by atoms with Crippen LogP contribution in [0, 0.1) is 0 Å². The van der Waals surface area contributed by atoms with Gasteiger partial charge in [0.2, 0.25) is 0 Å². The topological polar surface area (TPSA) is 9.23 Å². The number of hydrogen-bond donors (Lipinski definition) is 0. The molecule has 40 valence electrons. The van der Waals surface area contributed by atoms with Crippen molar-refractivity contribution in [3.05, 3.63) is 25.2 Å². The number of halogens is 2. The maximum absolute atomic E-state index is 11.2. The molecular weight excluding hydrogens is 102 g/mol. The lowest BCUT2D eigenvalue weighted by Gasteiger charge is -1.90. The first kappa shape index (κ1) is 6.14. The van der Waals surface area contributed by atoms with Crippen LogP contribution in [0.25, 0.3) is 0 Å². The molecule has 1 nitrogen and oxygen atoms in total. The molecular formula is C4H4F2O. The third-order valence-electron chi connectivity index (χ3n) is 0.221. The van der Waals surface area contributed by atoms with Crippen LogP contribution in [0.4, 0.5) is 8.78 Å². The van der Waals surface area contributed by atoms with Gasteiger partial charge < -0.3 is 4.74 Å². The van der Waals surface area contributed by atoms with Crippen LogP contribution in [0.3, 0.4) is 0 Å². The Labute approximate surface area is 39.9 Å². The molecule has 0 N–H and O–H groups in total. The molecule has 0 aliphatic heterocycles. The first-order chi connectivity index (χ1) is 3.13. The molecule has 3 heteroatoms. The highest BCUT2D eigenvalue weighted by molar-refractivity contribution is 4.74. The molecule has 0 aliphatic carbocycles. The second-order valence-electron chi connectivity index (χ2n) is 0.812. The van der Waals surface area contributed by atoms with Gasteiger partial charge in [0.05, 0.1) is 0 Å². The summed E-state index contributed by atoms with van der Waals surface area (Å²) in [7, 11) is 0. The van der Waals surface area contributed by atoms with E-state index in [0.29, 0.717) is 0 Å². The summed E-state index contributed by atoms with van der Waals surface area (Å²) in [5, 5.41) is 0. The molecule has 0 unspecified atom stereocenters. The Morgan fingerprint density at radius 2 is 1.43 bits per heavy atom. The van der Waals surface area contributed by atoms with Crippen molar-refractivity contribution < 1.29 is 13.5 Å². The van der Waals surface area contributed by atoms with Gasteiger partial charge in [-0.3, -0.25) is 0 Å². The average molecular weight is 106 g/mol. The summed E-state index contributed by atoms with van der Waals surface area (Å²) >= 11 is 0. The molecule has 0 aromatic heterocycles.